The van der Waals surface area contributed by atoms with Crippen molar-refractivity contribution in [2.24, 2.45) is 0 Å². The number of benzene rings is 2. The highest BCUT2D eigenvalue weighted by Gasteiger charge is 2.31. The van der Waals surface area contributed by atoms with Crippen molar-refractivity contribution < 1.29 is 18.0 Å². The van der Waals surface area contributed by atoms with Gasteiger partial charge in [-0.15, -0.1) is 0 Å². The maximum Gasteiger partial charge on any atom is 0.416 e. The Kier molecular flexibility index (Phi) is 5.53. The molecule has 1 aliphatic rings. The van der Waals surface area contributed by atoms with Gasteiger partial charge in [-0.2, -0.15) is 13.2 Å². The molecule has 0 aromatic heterocycles. The lowest BCUT2D eigenvalue weighted by atomic mass is 10.1. The molecule has 0 unspecified atom stereocenters. The number of amides is 1. The summed E-state index contributed by atoms with van der Waals surface area (Å²) in [7, 11) is 0. The van der Waals surface area contributed by atoms with Crippen LogP contribution in [0.1, 0.15) is 21.5 Å². The number of carbonyl (C=O) groups is 1. The Morgan fingerprint density at radius 2 is 1.69 bits per heavy atom. The monoisotopic (exact) mass is 382 g/mol. The van der Waals surface area contributed by atoms with E-state index in [1.165, 1.54) is 12.1 Å². The third-order valence-corrected chi connectivity index (χ3v) is 4.82. The molecule has 26 heavy (non-hydrogen) atoms. The zero-order chi connectivity index (χ0) is 18.7. The van der Waals surface area contributed by atoms with Gasteiger partial charge in [-0.25, -0.2) is 0 Å². The van der Waals surface area contributed by atoms with Gasteiger partial charge in [-0.05, 0) is 29.8 Å². The van der Waals surface area contributed by atoms with Gasteiger partial charge in [0.05, 0.1) is 5.56 Å². The van der Waals surface area contributed by atoms with Crippen molar-refractivity contribution in [2.45, 2.75) is 12.7 Å². The van der Waals surface area contributed by atoms with Gasteiger partial charge >= 0.3 is 6.18 Å². The molecular weight excluding hydrogens is 365 g/mol. The lowest BCUT2D eigenvalue weighted by Gasteiger charge is -2.35. The Balaban J connectivity index is 1.61. The minimum Gasteiger partial charge on any atom is -0.336 e. The van der Waals surface area contributed by atoms with Crippen LogP contribution in [0.25, 0.3) is 0 Å². The second kappa shape index (κ2) is 7.68. The molecule has 0 aliphatic carbocycles. The summed E-state index contributed by atoms with van der Waals surface area (Å²) in [5.74, 6) is -0.367. The molecule has 0 atom stereocenters. The van der Waals surface area contributed by atoms with E-state index in [4.69, 9.17) is 11.6 Å². The van der Waals surface area contributed by atoms with Gasteiger partial charge in [0.15, 0.2) is 0 Å². The van der Waals surface area contributed by atoms with Crippen LogP contribution in [-0.2, 0) is 12.7 Å². The summed E-state index contributed by atoms with van der Waals surface area (Å²) in [5.41, 5.74) is 0.284. The largest absolute Gasteiger partial charge is 0.416 e. The van der Waals surface area contributed by atoms with Gasteiger partial charge in [-0.3, -0.25) is 9.69 Å². The van der Waals surface area contributed by atoms with Crippen molar-refractivity contribution in [3.05, 3.63) is 70.2 Å². The highest BCUT2D eigenvalue weighted by atomic mass is 35.5. The average molecular weight is 383 g/mol. The number of hydrogen-bond donors (Lipinski definition) is 0. The molecule has 0 spiro atoms. The first-order chi connectivity index (χ1) is 12.3. The first-order valence-corrected chi connectivity index (χ1v) is 8.65. The Morgan fingerprint density at radius 3 is 2.35 bits per heavy atom. The van der Waals surface area contributed by atoms with E-state index in [0.717, 1.165) is 17.7 Å². The average Bonchev–Trinajstić information content (AvgIpc) is 2.63. The molecule has 0 saturated carbocycles. The van der Waals surface area contributed by atoms with E-state index in [0.29, 0.717) is 37.7 Å². The number of carbonyl (C=O) groups excluding carboxylic acids is 1. The summed E-state index contributed by atoms with van der Waals surface area (Å²) in [6, 6.07) is 12.2. The van der Waals surface area contributed by atoms with Crippen LogP contribution >= 0.6 is 11.6 Å². The number of halogens is 4. The van der Waals surface area contributed by atoms with Gasteiger partial charge in [0.2, 0.25) is 0 Å². The Morgan fingerprint density at radius 1 is 1.00 bits per heavy atom. The molecule has 1 fully saturated rings. The van der Waals surface area contributed by atoms with E-state index in [1.54, 1.807) is 4.90 Å². The third kappa shape index (κ3) is 4.37. The molecule has 0 radical (unpaired) electrons. The lowest BCUT2D eigenvalue weighted by Crippen LogP contribution is -2.48. The minimum absolute atomic E-state index is 0.0689. The summed E-state index contributed by atoms with van der Waals surface area (Å²) in [4.78, 5) is 16.3. The summed E-state index contributed by atoms with van der Waals surface area (Å²) < 4.78 is 38.5. The molecule has 7 heteroatoms. The first kappa shape index (κ1) is 18.7. The third-order valence-electron chi connectivity index (χ3n) is 4.45. The van der Waals surface area contributed by atoms with Crippen LogP contribution < -0.4 is 0 Å². The molecular formula is C19H18ClF3N2O. The zero-order valence-corrected chi connectivity index (χ0v) is 14.7. The summed E-state index contributed by atoms with van der Waals surface area (Å²) in [5, 5.41) is 0.704. The molecule has 1 aliphatic heterocycles. The Bertz CT molecular complexity index is 786. The van der Waals surface area contributed by atoms with Gasteiger partial charge in [0, 0.05) is 43.3 Å². The number of hydrogen-bond acceptors (Lipinski definition) is 2. The van der Waals surface area contributed by atoms with E-state index in [2.05, 4.69) is 4.90 Å². The van der Waals surface area contributed by atoms with E-state index >= 15 is 0 Å². The summed E-state index contributed by atoms with van der Waals surface area (Å²) >= 11 is 6.17. The number of nitrogens with zero attached hydrogens (tertiary/aromatic N) is 2. The number of rotatable bonds is 3. The molecule has 3 nitrogen and oxygen atoms in total. The normalized spacial score (nSPS) is 15.9. The SMILES string of the molecule is O=C(c1cccc(C(F)(F)F)c1)N1CCN(Cc2ccccc2Cl)CC1. The molecule has 1 amide bonds. The van der Waals surface area contributed by atoms with Crippen LogP contribution in [0, 0.1) is 0 Å². The van der Waals surface area contributed by atoms with Crippen molar-refractivity contribution in [3.63, 3.8) is 0 Å². The summed E-state index contributed by atoms with van der Waals surface area (Å²) in [6.45, 7) is 2.93. The van der Waals surface area contributed by atoms with Crippen molar-refractivity contribution in [1.82, 2.24) is 9.80 Å². The fourth-order valence-corrected chi connectivity index (χ4v) is 3.18. The molecule has 3 rings (SSSR count). The van der Waals surface area contributed by atoms with Crippen LogP contribution in [0.15, 0.2) is 48.5 Å². The maximum atomic E-state index is 12.8. The minimum atomic E-state index is -4.45. The van der Waals surface area contributed by atoms with Crippen LogP contribution in [-0.4, -0.2) is 41.9 Å². The second-order valence-electron chi connectivity index (χ2n) is 6.24. The summed E-state index contributed by atoms with van der Waals surface area (Å²) in [6.07, 6.45) is -4.45. The van der Waals surface area contributed by atoms with Crippen LogP contribution in [0.2, 0.25) is 5.02 Å². The standard InChI is InChI=1S/C19H18ClF3N2O/c20-17-7-2-1-4-15(17)13-24-8-10-25(11-9-24)18(26)14-5-3-6-16(12-14)19(21,22)23/h1-7,12H,8-11,13H2. The predicted molar refractivity (Wildman–Crippen MR) is 94.1 cm³/mol. The van der Waals surface area contributed by atoms with Gasteiger partial charge in [0.1, 0.15) is 0 Å². The molecule has 0 bridgehead atoms. The van der Waals surface area contributed by atoms with E-state index in [9.17, 15) is 18.0 Å². The smallest absolute Gasteiger partial charge is 0.336 e. The highest BCUT2D eigenvalue weighted by molar-refractivity contribution is 6.31. The Hall–Kier alpha value is -2.05. The molecule has 138 valence electrons. The number of alkyl halides is 3. The zero-order valence-electron chi connectivity index (χ0n) is 14.0. The number of piperazine rings is 1. The fourth-order valence-electron chi connectivity index (χ4n) is 2.99. The van der Waals surface area contributed by atoms with E-state index in [1.807, 2.05) is 24.3 Å². The van der Waals surface area contributed by atoms with E-state index < -0.39 is 11.7 Å². The fraction of sp³-hybridized carbons (Fsp3) is 0.316. The van der Waals surface area contributed by atoms with Crippen LogP contribution in [0.4, 0.5) is 13.2 Å². The van der Waals surface area contributed by atoms with Gasteiger partial charge in [-0.1, -0.05) is 35.9 Å². The molecule has 0 N–H and O–H groups in total. The van der Waals surface area contributed by atoms with E-state index in [-0.39, 0.29) is 11.5 Å². The van der Waals surface area contributed by atoms with Crippen LogP contribution in [0.3, 0.4) is 0 Å². The second-order valence-corrected chi connectivity index (χ2v) is 6.65. The topological polar surface area (TPSA) is 23.6 Å². The van der Waals surface area contributed by atoms with Gasteiger partial charge in [0.25, 0.3) is 5.91 Å². The molecule has 2 aromatic rings. The molecule has 1 saturated heterocycles. The van der Waals surface area contributed by atoms with Gasteiger partial charge < -0.3 is 4.90 Å². The van der Waals surface area contributed by atoms with Crippen LogP contribution in [0.5, 0.6) is 0 Å². The Labute approximate surface area is 155 Å². The quantitative estimate of drug-likeness (QED) is 0.789. The van der Waals surface area contributed by atoms with Crippen molar-refractivity contribution in [2.75, 3.05) is 26.2 Å². The molecule has 2 aromatic carbocycles. The predicted octanol–water partition coefficient (Wildman–Crippen LogP) is 4.32. The molecule has 1 heterocycles. The highest BCUT2D eigenvalue weighted by Crippen LogP contribution is 2.30. The maximum absolute atomic E-state index is 12.8. The van der Waals surface area contributed by atoms with Crippen molar-refractivity contribution in [1.29, 1.82) is 0 Å². The van der Waals surface area contributed by atoms with Crippen molar-refractivity contribution >= 4 is 17.5 Å². The van der Waals surface area contributed by atoms with Crippen molar-refractivity contribution in [3.8, 4) is 0 Å². The lowest BCUT2D eigenvalue weighted by molar-refractivity contribution is -0.137. The first-order valence-electron chi connectivity index (χ1n) is 8.27.